The van der Waals surface area contributed by atoms with Crippen LogP contribution in [-0.2, 0) is 0 Å². The molecule has 0 radical (unpaired) electrons. The van der Waals surface area contributed by atoms with Gasteiger partial charge in [0.2, 0.25) is 0 Å². The van der Waals surface area contributed by atoms with Crippen molar-refractivity contribution in [3.8, 4) is 0 Å². The van der Waals surface area contributed by atoms with E-state index in [0.717, 1.165) is 0 Å². The average molecular weight is 287 g/mol. The van der Waals surface area contributed by atoms with Gasteiger partial charge in [-0.15, -0.1) is 0 Å². The Morgan fingerprint density at radius 2 is 1.35 bits per heavy atom. The summed E-state index contributed by atoms with van der Waals surface area (Å²) in [7, 11) is 0. The summed E-state index contributed by atoms with van der Waals surface area (Å²) >= 11 is -1.76. The predicted octanol–water partition coefficient (Wildman–Crippen LogP) is 4.56. The molecule has 0 heterocycles. The fourth-order valence-electron chi connectivity index (χ4n) is 2.88. The monoisotopic (exact) mass is 288 g/mol. The third-order valence-corrected chi connectivity index (χ3v) is 16.1. The molecule has 0 N–H and O–H groups in total. The molecule has 0 spiro atoms. The molecule has 0 bridgehead atoms. The van der Waals surface area contributed by atoms with E-state index in [-0.39, 0.29) is 0 Å². The standard InChI is InChI=1S/C16H22Ge/c1-4-17(5-2,6-3)16-12-11-14-9-7-8-10-15(14)13-16/h7-13H,4-6H2,1-3H3. The van der Waals surface area contributed by atoms with E-state index in [2.05, 4.69) is 63.2 Å². The molecule has 90 valence electrons. The molecule has 2 aromatic rings. The van der Waals surface area contributed by atoms with E-state index < -0.39 is 13.3 Å². The average Bonchev–Trinajstić information content (AvgIpc) is 2.41. The molecule has 0 aromatic heterocycles. The molecule has 0 fully saturated rings. The molecule has 2 aromatic carbocycles. The minimum atomic E-state index is -1.76. The topological polar surface area (TPSA) is 0 Å². The summed E-state index contributed by atoms with van der Waals surface area (Å²) < 4.78 is 1.69. The number of rotatable bonds is 4. The van der Waals surface area contributed by atoms with Gasteiger partial charge in [0.15, 0.2) is 0 Å². The molecule has 0 nitrogen and oxygen atoms in total. The van der Waals surface area contributed by atoms with Crippen LogP contribution in [0, 0.1) is 0 Å². The second-order valence-electron chi connectivity index (χ2n) is 4.90. The summed E-state index contributed by atoms with van der Waals surface area (Å²) in [4.78, 5) is 0. The molecule has 0 unspecified atom stereocenters. The maximum atomic E-state index is 2.46. The zero-order valence-electron chi connectivity index (χ0n) is 11.2. The number of benzene rings is 2. The van der Waals surface area contributed by atoms with Gasteiger partial charge in [-0.2, -0.15) is 0 Å². The van der Waals surface area contributed by atoms with E-state index in [1.165, 1.54) is 26.5 Å². The van der Waals surface area contributed by atoms with E-state index >= 15 is 0 Å². The maximum absolute atomic E-state index is 2.46. The second-order valence-corrected chi connectivity index (χ2v) is 15.9. The quantitative estimate of drug-likeness (QED) is 0.723. The summed E-state index contributed by atoms with van der Waals surface area (Å²) in [6, 6.07) is 15.9. The van der Waals surface area contributed by atoms with Crippen molar-refractivity contribution < 1.29 is 0 Å². The van der Waals surface area contributed by atoms with Crippen molar-refractivity contribution in [3.63, 3.8) is 0 Å². The van der Waals surface area contributed by atoms with Crippen LogP contribution >= 0.6 is 0 Å². The Labute approximate surface area is 107 Å². The van der Waals surface area contributed by atoms with Crippen LogP contribution in [0.25, 0.3) is 10.8 Å². The molecule has 0 atom stereocenters. The van der Waals surface area contributed by atoms with Gasteiger partial charge in [-0.1, -0.05) is 0 Å². The van der Waals surface area contributed by atoms with Gasteiger partial charge >= 0.3 is 107 Å². The Morgan fingerprint density at radius 3 is 1.94 bits per heavy atom. The first-order valence-corrected chi connectivity index (χ1v) is 12.2. The number of hydrogen-bond acceptors (Lipinski definition) is 0. The second kappa shape index (κ2) is 5.26. The third kappa shape index (κ3) is 2.28. The Balaban J connectivity index is 2.55. The summed E-state index contributed by atoms with van der Waals surface area (Å²) in [6.45, 7) is 7.17. The van der Waals surface area contributed by atoms with Crippen LogP contribution in [0.4, 0.5) is 0 Å². The van der Waals surface area contributed by atoms with Crippen molar-refractivity contribution in [2.24, 2.45) is 0 Å². The molecule has 0 aliphatic heterocycles. The van der Waals surface area contributed by atoms with Crippen LogP contribution in [0.1, 0.15) is 20.8 Å². The van der Waals surface area contributed by atoms with Crippen molar-refractivity contribution in [2.75, 3.05) is 0 Å². The van der Waals surface area contributed by atoms with E-state index in [0.29, 0.717) is 0 Å². The fraction of sp³-hybridized carbons (Fsp3) is 0.375. The van der Waals surface area contributed by atoms with Gasteiger partial charge in [-0.25, -0.2) is 0 Å². The summed E-state index contributed by atoms with van der Waals surface area (Å²) in [5.41, 5.74) is 0. The van der Waals surface area contributed by atoms with Gasteiger partial charge < -0.3 is 0 Å². The van der Waals surface area contributed by atoms with Crippen molar-refractivity contribution >= 4 is 28.4 Å². The molecular formula is C16H22Ge. The predicted molar refractivity (Wildman–Crippen MR) is 80.8 cm³/mol. The van der Waals surface area contributed by atoms with E-state index in [4.69, 9.17) is 0 Å². The Bertz CT molecular complexity index is 489. The molecule has 0 amide bonds. The molecular weight excluding hydrogens is 265 g/mol. The van der Waals surface area contributed by atoms with Crippen LogP contribution < -0.4 is 4.40 Å². The van der Waals surface area contributed by atoms with Crippen LogP contribution in [0.5, 0.6) is 0 Å². The van der Waals surface area contributed by atoms with Crippen LogP contribution in [0.15, 0.2) is 42.5 Å². The first-order valence-electron chi connectivity index (χ1n) is 6.75. The Hall–Kier alpha value is -0.757. The normalized spacial score (nSPS) is 11.9. The van der Waals surface area contributed by atoms with Crippen molar-refractivity contribution in [3.05, 3.63) is 42.5 Å². The molecule has 2 rings (SSSR count). The van der Waals surface area contributed by atoms with Gasteiger partial charge in [-0.05, 0) is 0 Å². The van der Waals surface area contributed by atoms with Crippen LogP contribution in [0.3, 0.4) is 0 Å². The van der Waals surface area contributed by atoms with Crippen molar-refractivity contribution in [2.45, 2.75) is 36.5 Å². The SMILES string of the molecule is C[CH2][Ge]([CH2]C)([CH2]C)[c]1ccc2ccccc2c1. The molecule has 0 saturated carbocycles. The zero-order chi connectivity index (χ0) is 12.3. The zero-order valence-corrected chi connectivity index (χ0v) is 13.3. The summed E-state index contributed by atoms with van der Waals surface area (Å²) in [6.07, 6.45) is 0. The van der Waals surface area contributed by atoms with Gasteiger partial charge in [-0.3, -0.25) is 0 Å². The van der Waals surface area contributed by atoms with Gasteiger partial charge in [0, 0.05) is 0 Å². The van der Waals surface area contributed by atoms with E-state index in [9.17, 15) is 0 Å². The molecule has 1 heteroatoms. The Morgan fingerprint density at radius 1 is 0.765 bits per heavy atom. The first-order chi connectivity index (χ1) is 8.25. The molecule has 0 aliphatic carbocycles. The fourth-order valence-corrected chi connectivity index (χ4v) is 10.5. The first kappa shape index (κ1) is 12.7. The number of hydrogen-bond donors (Lipinski definition) is 0. The Kier molecular flexibility index (Phi) is 3.93. The summed E-state index contributed by atoms with van der Waals surface area (Å²) in [5, 5.41) is 7.01. The van der Waals surface area contributed by atoms with Gasteiger partial charge in [0.1, 0.15) is 0 Å². The van der Waals surface area contributed by atoms with E-state index in [1.54, 1.807) is 4.40 Å². The molecule has 17 heavy (non-hydrogen) atoms. The minimum absolute atomic E-state index is 1.37. The van der Waals surface area contributed by atoms with Gasteiger partial charge in [0.05, 0.1) is 0 Å². The molecule has 0 aliphatic rings. The van der Waals surface area contributed by atoms with Crippen LogP contribution in [-0.4, -0.2) is 13.3 Å². The molecule has 0 saturated heterocycles. The van der Waals surface area contributed by atoms with Crippen molar-refractivity contribution in [1.29, 1.82) is 0 Å². The van der Waals surface area contributed by atoms with Gasteiger partial charge in [0.25, 0.3) is 0 Å². The van der Waals surface area contributed by atoms with Crippen molar-refractivity contribution in [1.82, 2.24) is 0 Å². The van der Waals surface area contributed by atoms with E-state index in [1.807, 2.05) is 0 Å². The van der Waals surface area contributed by atoms with Crippen LogP contribution in [0.2, 0.25) is 15.8 Å². The summed E-state index contributed by atoms with van der Waals surface area (Å²) in [5.74, 6) is 0. The third-order valence-electron chi connectivity index (χ3n) is 4.39. The number of fused-ring (bicyclic) bond motifs is 1.